The maximum absolute atomic E-state index is 12.4. The average molecular weight is 420 g/mol. The third kappa shape index (κ3) is 4.23. The first-order valence-corrected chi connectivity index (χ1v) is 10.1. The van der Waals surface area contributed by atoms with Crippen LogP contribution in [0, 0.1) is 0 Å². The largest absolute Gasteiger partial charge is 0.454 e. The maximum Gasteiger partial charge on any atom is 0.262 e. The van der Waals surface area contributed by atoms with E-state index in [2.05, 4.69) is 40.3 Å². The number of fused-ring (bicyclic) bond motifs is 2. The van der Waals surface area contributed by atoms with Crippen LogP contribution in [0.3, 0.4) is 0 Å². The average Bonchev–Trinajstić information content (AvgIpc) is 3.38. The summed E-state index contributed by atoms with van der Waals surface area (Å²) in [6.07, 6.45) is 3.63. The molecule has 0 bridgehead atoms. The van der Waals surface area contributed by atoms with Gasteiger partial charge in [-0.3, -0.25) is 9.59 Å². The van der Waals surface area contributed by atoms with Crippen molar-refractivity contribution in [2.24, 2.45) is 5.10 Å². The van der Waals surface area contributed by atoms with Crippen LogP contribution in [0.5, 0.6) is 11.5 Å². The summed E-state index contributed by atoms with van der Waals surface area (Å²) in [6.45, 7) is 5.95. The molecule has 4 rings (SSSR count). The number of ether oxygens (including phenoxy) is 2. The van der Waals surface area contributed by atoms with Crippen molar-refractivity contribution in [1.82, 2.24) is 15.3 Å². The molecule has 0 aliphatic carbocycles. The predicted molar refractivity (Wildman–Crippen MR) is 118 cm³/mol. The lowest BCUT2D eigenvalue weighted by Crippen LogP contribution is -2.43. The number of hydrogen-bond donors (Lipinski definition) is 2. The van der Waals surface area contributed by atoms with Crippen molar-refractivity contribution in [3.05, 3.63) is 59.8 Å². The molecule has 31 heavy (non-hydrogen) atoms. The first kappa shape index (κ1) is 20.5. The van der Waals surface area contributed by atoms with Crippen LogP contribution in [0.15, 0.2) is 53.8 Å². The molecule has 1 aliphatic rings. The predicted octanol–water partition coefficient (Wildman–Crippen LogP) is 3.22. The Morgan fingerprint density at radius 1 is 1.10 bits per heavy atom. The van der Waals surface area contributed by atoms with Crippen LogP contribution < -0.4 is 20.2 Å². The fourth-order valence-electron chi connectivity index (χ4n) is 3.41. The fraction of sp³-hybridized carbons (Fsp3) is 0.261. The molecule has 0 radical (unpaired) electrons. The molecule has 1 aromatic heterocycles. The van der Waals surface area contributed by atoms with Gasteiger partial charge in [0.1, 0.15) is 6.04 Å². The van der Waals surface area contributed by atoms with Crippen LogP contribution in [-0.2, 0) is 4.79 Å². The summed E-state index contributed by atoms with van der Waals surface area (Å²) in [5.41, 5.74) is 4.89. The lowest BCUT2D eigenvalue weighted by molar-refractivity contribution is -0.122. The summed E-state index contributed by atoms with van der Waals surface area (Å²) in [7, 11) is 0. The van der Waals surface area contributed by atoms with Crippen molar-refractivity contribution in [3.8, 4) is 11.5 Å². The summed E-state index contributed by atoms with van der Waals surface area (Å²) < 4.78 is 12.7. The number of carbonyl (C=O) groups is 2. The minimum Gasteiger partial charge on any atom is -0.454 e. The Morgan fingerprint density at radius 3 is 2.68 bits per heavy atom. The number of carbonyl (C=O) groups excluding carboxylic acids is 2. The van der Waals surface area contributed by atoms with Gasteiger partial charge < -0.3 is 19.4 Å². The third-order valence-electron chi connectivity index (χ3n) is 5.08. The first-order chi connectivity index (χ1) is 14.9. The fourth-order valence-corrected chi connectivity index (χ4v) is 3.41. The molecule has 1 atom stereocenters. The molecule has 3 aromatic rings. The molecule has 2 amide bonds. The molecule has 0 saturated heterocycles. The second-order valence-electron chi connectivity index (χ2n) is 7.60. The molecule has 2 N–H and O–H groups in total. The molecule has 2 heterocycles. The van der Waals surface area contributed by atoms with Crippen LogP contribution in [0.1, 0.15) is 42.7 Å². The highest BCUT2D eigenvalue weighted by Gasteiger charge is 2.19. The van der Waals surface area contributed by atoms with E-state index >= 15 is 0 Å². The van der Waals surface area contributed by atoms with E-state index in [1.807, 2.05) is 24.4 Å². The molecule has 8 nitrogen and oxygen atoms in total. The van der Waals surface area contributed by atoms with Crippen molar-refractivity contribution in [1.29, 1.82) is 0 Å². The first-order valence-electron chi connectivity index (χ1n) is 10.1. The summed E-state index contributed by atoms with van der Waals surface area (Å²) in [5.74, 6) is 0.299. The molecule has 0 saturated carbocycles. The van der Waals surface area contributed by atoms with Gasteiger partial charge in [-0.2, -0.15) is 5.10 Å². The highest BCUT2D eigenvalue weighted by atomic mass is 16.7. The van der Waals surface area contributed by atoms with Crippen molar-refractivity contribution in [3.63, 3.8) is 0 Å². The zero-order valence-corrected chi connectivity index (χ0v) is 17.6. The van der Waals surface area contributed by atoms with Crippen LogP contribution in [-0.4, -0.2) is 35.4 Å². The van der Waals surface area contributed by atoms with Gasteiger partial charge in [-0.25, -0.2) is 5.43 Å². The molecular weight excluding hydrogens is 396 g/mol. The third-order valence-corrected chi connectivity index (χ3v) is 5.08. The minimum atomic E-state index is -0.771. The summed E-state index contributed by atoms with van der Waals surface area (Å²) in [4.78, 5) is 24.8. The van der Waals surface area contributed by atoms with Gasteiger partial charge in [-0.1, -0.05) is 18.2 Å². The van der Waals surface area contributed by atoms with Gasteiger partial charge in [0, 0.05) is 34.3 Å². The van der Waals surface area contributed by atoms with Crippen molar-refractivity contribution in [2.45, 2.75) is 32.9 Å². The molecule has 0 unspecified atom stereocenters. The smallest absolute Gasteiger partial charge is 0.262 e. The highest BCUT2D eigenvalue weighted by molar-refractivity contribution is 6.00. The Balaban J connectivity index is 1.39. The van der Waals surface area contributed by atoms with E-state index in [0.717, 1.165) is 16.5 Å². The van der Waals surface area contributed by atoms with E-state index in [9.17, 15) is 9.59 Å². The lowest BCUT2D eigenvalue weighted by Gasteiger charge is -2.12. The van der Waals surface area contributed by atoms with Gasteiger partial charge in [-0.05, 0) is 45.0 Å². The van der Waals surface area contributed by atoms with Crippen LogP contribution in [0.2, 0.25) is 0 Å². The van der Waals surface area contributed by atoms with Crippen molar-refractivity contribution in [2.75, 3.05) is 6.79 Å². The van der Waals surface area contributed by atoms with E-state index in [4.69, 9.17) is 9.47 Å². The highest BCUT2D eigenvalue weighted by Crippen LogP contribution is 2.32. The Labute approximate surface area is 179 Å². The van der Waals surface area contributed by atoms with Crippen LogP contribution in [0.25, 0.3) is 10.9 Å². The number of amides is 2. The van der Waals surface area contributed by atoms with E-state index in [1.54, 1.807) is 31.3 Å². The van der Waals surface area contributed by atoms with Crippen molar-refractivity contribution < 1.29 is 19.1 Å². The Hall–Kier alpha value is -3.81. The summed E-state index contributed by atoms with van der Waals surface area (Å²) in [5, 5.41) is 7.80. The number of para-hydroxylation sites is 1. The van der Waals surface area contributed by atoms with Crippen LogP contribution >= 0.6 is 0 Å². The zero-order chi connectivity index (χ0) is 22.0. The standard InChI is InChI=1S/C23H24N4O4/c1-14(2)27-12-17(18-6-4-5-7-19(18)27)11-24-26-22(28)15(3)25-23(29)16-8-9-20-21(10-16)31-13-30-20/h4-12,14-15H,13H2,1-3H3,(H,25,29)(H,26,28)/b24-11-/t15-/m1/s1. The quantitative estimate of drug-likeness (QED) is 0.473. The van der Waals surface area contributed by atoms with E-state index < -0.39 is 11.9 Å². The maximum atomic E-state index is 12.4. The lowest BCUT2D eigenvalue weighted by atomic mass is 10.1. The number of hydrogen-bond acceptors (Lipinski definition) is 5. The monoisotopic (exact) mass is 420 g/mol. The van der Waals surface area contributed by atoms with Crippen LogP contribution in [0.4, 0.5) is 0 Å². The topological polar surface area (TPSA) is 94.0 Å². The normalized spacial score (nSPS) is 13.7. The van der Waals surface area contributed by atoms with E-state index in [-0.39, 0.29) is 12.7 Å². The second kappa shape index (κ2) is 8.51. The number of nitrogens with one attached hydrogen (secondary N) is 2. The zero-order valence-electron chi connectivity index (χ0n) is 17.6. The van der Waals surface area contributed by atoms with Crippen molar-refractivity contribution >= 4 is 28.9 Å². The summed E-state index contributed by atoms with van der Waals surface area (Å²) >= 11 is 0. The van der Waals surface area contributed by atoms with Gasteiger partial charge in [0.15, 0.2) is 11.5 Å². The Morgan fingerprint density at radius 2 is 1.87 bits per heavy atom. The van der Waals surface area contributed by atoms with Gasteiger partial charge in [0.2, 0.25) is 6.79 Å². The number of aromatic nitrogens is 1. The summed E-state index contributed by atoms with van der Waals surface area (Å²) in [6, 6.07) is 12.4. The van der Waals surface area contributed by atoms with E-state index in [0.29, 0.717) is 23.1 Å². The number of hydrazone groups is 1. The van der Waals surface area contributed by atoms with Gasteiger partial charge in [0.25, 0.3) is 11.8 Å². The number of rotatable bonds is 6. The molecule has 0 fully saturated rings. The molecule has 0 spiro atoms. The van der Waals surface area contributed by atoms with Gasteiger partial charge >= 0.3 is 0 Å². The number of nitrogens with zero attached hydrogens (tertiary/aromatic N) is 2. The Bertz CT molecular complexity index is 1170. The molecular formula is C23H24N4O4. The molecule has 160 valence electrons. The van der Waals surface area contributed by atoms with Gasteiger partial charge in [0.05, 0.1) is 6.21 Å². The minimum absolute atomic E-state index is 0.132. The molecule has 2 aromatic carbocycles. The molecule has 1 aliphatic heterocycles. The molecule has 8 heteroatoms. The second-order valence-corrected chi connectivity index (χ2v) is 7.60. The number of benzene rings is 2. The van der Waals surface area contributed by atoms with Gasteiger partial charge in [-0.15, -0.1) is 0 Å². The SMILES string of the molecule is CC(C)n1cc(/C=N\NC(=O)[C@@H](C)NC(=O)c2ccc3c(c2)OCO3)c2ccccc21. The Kier molecular flexibility index (Phi) is 5.62. The van der Waals surface area contributed by atoms with E-state index in [1.165, 1.54) is 0 Å².